The molecule has 78 valence electrons. The lowest BCUT2D eigenvalue weighted by Gasteiger charge is -2.02. The summed E-state index contributed by atoms with van der Waals surface area (Å²) >= 11 is 1.70. The zero-order valence-electron chi connectivity index (χ0n) is 8.64. The molecule has 0 fully saturated rings. The van der Waals surface area contributed by atoms with Crippen molar-refractivity contribution in [2.24, 2.45) is 0 Å². The summed E-state index contributed by atoms with van der Waals surface area (Å²) in [7, 11) is 0. The van der Waals surface area contributed by atoms with Gasteiger partial charge in [0.2, 0.25) is 5.91 Å². The van der Waals surface area contributed by atoms with Gasteiger partial charge in [-0.3, -0.25) is 9.36 Å². The second-order valence-electron chi connectivity index (χ2n) is 3.38. The van der Waals surface area contributed by atoms with E-state index in [9.17, 15) is 4.79 Å². The predicted octanol–water partition coefficient (Wildman–Crippen LogP) is 3.03. The Kier molecular flexibility index (Phi) is 3.11. The van der Waals surface area contributed by atoms with Gasteiger partial charge >= 0.3 is 0 Å². The van der Waals surface area contributed by atoms with Crippen molar-refractivity contribution in [3.8, 4) is 0 Å². The zero-order valence-corrected chi connectivity index (χ0v) is 9.46. The van der Waals surface area contributed by atoms with Crippen molar-refractivity contribution in [1.82, 2.24) is 4.57 Å². The predicted molar refractivity (Wildman–Crippen MR) is 65.6 cm³/mol. The third-order valence-electron chi connectivity index (χ3n) is 2.39. The topological polar surface area (TPSA) is 22.0 Å². The van der Waals surface area contributed by atoms with E-state index in [1.165, 1.54) is 0 Å². The summed E-state index contributed by atoms with van der Waals surface area (Å²) in [6, 6.07) is 9.92. The van der Waals surface area contributed by atoms with E-state index in [1.54, 1.807) is 16.3 Å². The van der Waals surface area contributed by atoms with Gasteiger partial charge in [-0.1, -0.05) is 18.2 Å². The summed E-state index contributed by atoms with van der Waals surface area (Å²) in [6.07, 6.45) is 4.47. The van der Waals surface area contributed by atoms with Crippen molar-refractivity contribution in [2.45, 2.75) is 6.42 Å². The van der Waals surface area contributed by atoms with Gasteiger partial charge < -0.3 is 0 Å². The normalized spacial score (nSPS) is 10.7. The molecule has 0 radical (unpaired) electrons. The molecule has 2 rings (SSSR count). The maximum atomic E-state index is 11.8. The van der Waals surface area contributed by atoms with E-state index >= 15 is 0 Å². The van der Waals surface area contributed by atoms with E-state index in [4.69, 9.17) is 0 Å². The maximum Gasteiger partial charge on any atom is 0.231 e. The first-order chi connectivity index (χ1) is 7.33. The summed E-state index contributed by atoms with van der Waals surface area (Å²) in [4.78, 5) is 11.8. The van der Waals surface area contributed by atoms with Gasteiger partial charge in [0.05, 0.1) is 5.52 Å². The Labute approximate surface area is 93.3 Å². The number of benzene rings is 1. The zero-order chi connectivity index (χ0) is 10.7. The Bertz CT molecular complexity index is 475. The van der Waals surface area contributed by atoms with Crippen LogP contribution in [0.25, 0.3) is 10.9 Å². The van der Waals surface area contributed by atoms with Crippen LogP contribution in [0.5, 0.6) is 0 Å². The lowest BCUT2D eigenvalue weighted by atomic mass is 10.2. The SMILES string of the molecule is CSCCC(=O)n1ccc2ccccc21. The number of nitrogens with zero attached hydrogens (tertiary/aromatic N) is 1. The fourth-order valence-electron chi connectivity index (χ4n) is 1.61. The van der Waals surface area contributed by atoms with Gasteiger partial charge in [0.1, 0.15) is 0 Å². The molecule has 0 saturated heterocycles. The minimum Gasteiger partial charge on any atom is -0.287 e. The van der Waals surface area contributed by atoms with Gasteiger partial charge in [-0.05, 0) is 18.4 Å². The molecule has 1 aromatic carbocycles. The van der Waals surface area contributed by atoms with Crippen molar-refractivity contribution >= 4 is 28.6 Å². The third-order valence-corrected chi connectivity index (χ3v) is 3.00. The van der Waals surface area contributed by atoms with Gasteiger partial charge in [0.25, 0.3) is 0 Å². The molecule has 0 atom stereocenters. The monoisotopic (exact) mass is 219 g/mol. The minimum absolute atomic E-state index is 0.172. The highest BCUT2D eigenvalue weighted by Gasteiger charge is 2.07. The number of hydrogen-bond donors (Lipinski definition) is 0. The molecule has 0 aliphatic heterocycles. The van der Waals surface area contributed by atoms with E-state index in [1.807, 2.05) is 42.8 Å². The maximum absolute atomic E-state index is 11.8. The van der Waals surface area contributed by atoms with Crippen molar-refractivity contribution in [1.29, 1.82) is 0 Å². The van der Waals surface area contributed by atoms with Crippen molar-refractivity contribution < 1.29 is 4.79 Å². The average Bonchev–Trinajstić information content (AvgIpc) is 2.69. The second-order valence-corrected chi connectivity index (χ2v) is 4.37. The molecule has 2 aromatic rings. The van der Waals surface area contributed by atoms with E-state index in [2.05, 4.69) is 0 Å². The second kappa shape index (κ2) is 4.53. The quantitative estimate of drug-likeness (QED) is 0.791. The van der Waals surface area contributed by atoms with E-state index in [-0.39, 0.29) is 5.91 Å². The molecule has 0 unspecified atom stereocenters. The highest BCUT2D eigenvalue weighted by atomic mass is 32.2. The summed E-state index contributed by atoms with van der Waals surface area (Å²) < 4.78 is 1.74. The van der Waals surface area contributed by atoms with Gasteiger partial charge in [0.15, 0.2) is 0 Å². The first kappa shape index (κ1) is 10.3. The molecule has 0 saturated carbocycles. The number of fused-ring (bicyclic) bond motifs is 1. The summed E-state index contributed by atoms with van der Waals surface area (Å²) in [5, 5.41) is 1.12. The van der Waals surface area contributed by atoms with Gasteiger partial charge in [-0.25, -0.2) is 0 Å². The fourth-order valence-corrected chi connectivity index (χ4v) is 1.99. The molecular weight excluding hydrogens is 206 g/mol. The van der Waals surface area contributed by atoms with Crippen LogP contribution in [0.3, 0.4) is 0 Å². The molecular formula is C12H13NOS. The smallest absolute Gasteiger partial charge is 0.231 e. The lowest BCUT2D eigenvalue weighted by Crippen LogP contribution is -2.09. The van der Waals surface area contributed by atoms with E-state index in [0.29, 0.717) is 6.42 Å². The molecule has 0 amide bonds. The van der Waals surface area contributed by atoms with Crippen LogP contribution in [0.2, 0.25) is 0 Å². The standard InChI is InChI=1S/C12H13NOS/c1-15-9-7-12(14)13-8-6-10-4-2-3-5-11(10)13/h2-6,8H,7,9H2,1H3. The third kappa shape index (κ3) is 2.07. The molecule has 0 bridgehead atoms. The molecule has 0 aliphatic carbocycles. The Balaban J connectivity index is 2.31. The number of para-hydroxylation sites is 1. The minimum atomic E-state index is 0.172. The van der Waals surface area contributed by atoms with Gasteiger partial charge in [-0.15, -0.1) is 0 Å². The van der Waals surface area contributed by atoms with E-state index < -0.39 is 0 Å². The number of aromatic nitrogens is 1. The number of hydrogen-bond acceptors (Lipinski definition) is 2. The largest absolute Gasteiger partial charge is 0.287 e. The molecule has 1 heterocycles. The van der Waals surface area contributed by atoms with Gasteiger partial charge in [-0.2, -0.15) is 11.8 Å². The highest BCUT2D eigenvalue weighted by molar-refractivity contribution is 7.98. The van der Waals surface area contributed by atoms with Crippen LogP contribution in [0.1, 0.15) is 11.2 Å². The highest BCUT2D eigenvalue weighted by Crippen LogP contribution is 2.15. The molecule has 0 N–H and O–H groups in total. The van der Waals surface area contributed by atoms with Crippen LogP contribution >= 0.6 is 11.8 Å². The Morgan fingerprint density at radius 3 is 2.93 bits per heavy atom. The van der Waals surface area contributed by atoms with Crippen LogP contribution in [0.15, 0.2) is 36.5 Å². The van der Waals surface area contributed by atoms with Crippen LogP contribution in [-0.2, 0) is 0 Å². The molecule has 1 aromatic heterocycles. The van der Waals surface area contributed by atoms with Crippen LogP contribution < -0.4 is 0 Å². The first-order valence-corrected chi connectivity index (χ1v) is 6.30. The van der Waals surface area contributed by atoms with Crippen molar-refractivity contribution in [3.63, 3.8) is 0 Å². The first-order valence-electron chi connectivity index (χ1n) is 4.91. The number of thioether (sulfide) groups is 1. The number of carbonyl (C=O) groups is 1. The fraction of sp³-hybridized carbons (Fsp3) is 0.250. The summed E-state index contributed by atoms with van der Waals surface area (Å²) in [6.45, 7) is 0. The van der Waals surface area contributed by atoms with Crippen LogP contribution in [-0.4, -0.2) is 22.5 Å². The molecule has 0 spiro atoms. The molecule has 15 heavy (non-hydrogen) atoms. The van der Waals surface area contributed by atoms with E-state index in [0.717, 1.165) is 16.7 Å². The number of carbonyl (C=O) groups excluding carboxylic acids is 1. The van der Waals surface area contributed by atoms with Crippen LogP contribution in [0, 0.1) is 0 Å². The Hall–Kier alpha value is -1.22. The molecule has 3 heteroatoms. The summed E-state index contributed by atoms with van der Waals surface area (Å²) in [5.74, 6) is 1.05. The average molecular weight is 219 g/mol. The lowest BCUT2D eigenvalue weighted by molar-refractivity contribution is 0.0915. The Morgan fingerprint density at radius 2 is 2.13 bits per heavy atom. The molecule has 2 nitrogen and oxygen atoms in total. The number of rotatable bonds is 3. The van der Waals surface area contributed by atoms with Crippen molar-refractivity contribution in [2.75, 3.05) is 12.0 Å². The van der Waals surface area contributed by atoms with Crippen LogP contribution in [0.4, 0.5) is 0 Å². The van der Waals surface area contributed by atoms with Gasteiger partial charge in [0, 0.05) is 23.8 Å². The summed E-state index contributed by atoms with van der Waals surface area (Å²) in [5.41, 5.74) is 1.00. The molecule has 0 aliphatic rings. The Morgan fingerprint density at radius 1 is 1.33 bits per heavy atom. The van der Waals surface area contributed by atoms with Crippen molar-refractivity contribution in [3.05, 3.63) is 36.5 Å².